The molecule has 0 aliphatic carbocycles. The van der Waals surface area contributed by atoms with E-state index in [4.69, 9.17) is 5.73 Å². The molecule has 1 aromatic rings. The third-order valence-electron chi connectivity index (χ3n) is 2.43. The number of hydrogen-bond acceptors (Lipinski definition) is 4. The molecule has 1 aromatic carbocycles. The van der Waals surface area contributed by atoms with E-state index < -0.39 is 5.91 Å². The first-order valence-corrected chi connectivity index (χ1v) is 7.09. The average Bonchev–Trinajstić information content (AvgIpc) is 2.47. The van der Waals surface area contributed by atoms with Gasteiger partial charge in [0.2, 0.25) is 17.7 Å². The molecule has 0 aliphatic heterocycles. The maximum Gasteiger partial charge on any atom is 0.239 e. The molecule has 5 N–H and O–H groups in total. The first-order valence-electron chi connectivity index (χ1n) is 6.30. The molecular weight excluding hydrogens is 340 g/mol. The lowest BCUT2D eigenvalue weighted by Gasteiger charge is -2.07. The third-order valence-corrected chi connectivity index (χ3v) is 2.96. The van der Waals surface area contributed by atoms with E-state index >= 15 is 0 Å². The number of halogens is 1. The molecule has 0 fully saturated rings. The molecule has 21 heavy (non-hydrogen) atoms. The van der Waals surface area contributed by atoms with Crippen LogP contribution in [0.1, 0.15) is 6.42 Å². The monoisotopic (exact) mass is 356 g/mol. The molecule has 114 valence electrons. The van der Waals surface area contributed by atoms with Crippen molar-refractivity contribution < 1.29 is 14.4 Å². The maximum absolute atomic E-state index is 11.6. The van der Waals surface area contributed by atoms with Gasteiger partial charge in [-0.1, -0.05) is 15.9 Å². The highest BCUT2D eigenvalue weighted by atomic mass is 79.9. The largest absolute Gasteiger partial charge is 0.354 e. The molecule has 0 saturated carbocycles. The summed E-state index contributed by atoms with van der Waals surface area (Å²) in [5.41, 5.74) is 5.77. The standard InChI is InChI=1S/C13H17BrN4O3/c14-9-1-3-10(4-2-9)18-11(19)5-6-16-13(21)8-17-12(20)7-15/h1-4H,5-8,15H2,(H,16,21)(H,17,20)(H,18,19). The van der Waals surface area contributed by atoms with Gasteiger partial charge in [-0.3, -0.25) is 14.4 Å². The lowest BCUT2D eigenvalue weighted by atomic mass is 10.3. The molecule has 0 aromatic heterocycles. The quantitative estimate of drug-likeness (QED) is 0.549. The predicted molar refractivity (Wildman–Crippen MR) is 82.5 cm³/mol. The zero-order chi connectivity index (χ0) is 15.7. The number of carbonyl (C=O) groups excluding carboxylic acids is 3. The van der Waals surface area contributed by atoms with Gasteiger partial charge < -0.3 is 21.7 Å². The van der Waals surface area contributed by atoms with Crippen LogP contribution in [0, 0.1) is 0 Å². The molecule has 0 atom stereocenters. The second kappa shape index (κ2) is 9.09. The summed E-state index contributed by atoms with van der Waals surface area (Å²) in [4.78, 5) is 33.8. The molecule has 1 rings (SSSR count). The van der Waals surface area contributed by atoms with Gasteiger partial charge in [0.1, 0.15) is 0 Å². The van der Waals surface area contributed by atoms with Crippen molar-refractivity contribution in [1.29, 1.82) is 0 Å². The van der Waals surface area contributed by atoms with Crippen LogP contribution in [0.4, 0.5) is 5.69 Å². The van der Waals surface area contributed by atoms with Gasteiger partial charge in [0.15, 0.2) is 0 Å². The first kappa shape index (κ1) is 17.1. The van der Waals surface area contributed by atoms with E-state index in [0.29, 0.717) is 5.69 Å². The van der Waals surface area contributed by atoms with Crippen molar-refractivity contribution in [2.75, 3.05) is 25.0 Å². The normalized spacial score (nSPS) is 9.81. The second-order valence-corrected chi connectivity index (χ2v) is 5.05. The van der Waals surface area contributed by atoms with Gasteiger partial charge in [0.25, 0.3) is 0 Å². The van der Waals surface area contributed by atoms with Crippen LogP contribution < -0.4 is 21.7 Å². The zero-order valence-corrected chi connectivity index (χ0v) is 12.9. The molecule has 3 amide bonds. The molecule has 0 unspecified atom stereocenters. The fourth-order valence-electron chi connectivity index (χ4n) is 1.39. The van der Waals surface area contributed by atoms with E-state index in [1.54, 1.807) is 12.1 Å². The van der Waals surface area contributed by atoms with Crippen LogP contribution in [0.3, 0.4) is 0 Å². The minimum absolute atomic E-state index is 0.145. The Labute approximate surface area is 130 Å². The van der Waals surface area contributed by atoms with Crippen LogP contribution in [0.25, 0.3) is 0 Å². The molecule has 8 heteroatoms. The van der Waals surface area contributed by atoms with Crippen molar-refractivity contribution in [2.24, 2.45) is 5.73 Å². The van der Waals surface area contributed by atoms with Gasteiger partial charge >= 0.3 is 0 Å². The van der Waals surface area contributed by atoms with E-state index in [0.717, 1.165) is 4.47 Å². The van der Waals surface area contributed by atoms with Crippen LogP contribution in [-0.4, -0.2) is 37.4 Å². The number of nitrogens with one attached hydrogen (secondary N) is 3. The van der Waals surface area contributed by atoms with Gasteiger partial charge in [-0.2, -0.15) is 0 Å². The Balaban J connectivity index is 2.20. The fraction of sp³-hybridized carbons (Fsp3) is 0.308. The molecule has 7 nitrogen and oxygen atoms in total. The summed E-state index contributed by atoms with van der Waals surface area (Å²) in [6, 6.07) is 7.17. The van der Waals surface area contributed by atoms with Crippen LogP contribution in [0.2, 0.25) is 0 Å². The molecule has 0 saturated heterocycles. The summed E-state index contributed by atoms with van der Waals surface area (Å²) in [6.07, 6.45) is 0.145. The highest BCUT2D eigenvalue weighted by Crippen LogP contribution is 2.14. The van der Waals surface area contributed by atoms with Crippen molar-refractivity contribution in [3.8, 4) is 0 Å². The van der Waals surface area contributed by atoms with Gasteiger partial charge in [-0.05, 0) is 24.3 Å². The molecule has 0 radical (unpaired) electrons. The zero-order valence-electron chi connectivity index (χ0n) is 11.3. The molecule has 0 aliphatic rings. The predicted octanol–water partition coefficient (Wildman–Crippen LogP) is -0.0312. The van der Waals surface area contributed by atoms with E-state index in [1.165, 1.54) is 0 Å². The summed E-state index contributed by atoms with van der Waals surface area (Å²) >= 11 is 3.30. The smallest absolute Gasteiger partial charge is 0.239 e. The number of rotatable bonds is 7. The third kappa shape index (κ3) is 7.42. The van der Waals surface area contributed by atoms with E-state index in [2.05, 4.69) is 31.9 Å². The molecule has 0 spiro atoms. The minimum Gasteiger partial charge on any atom is -0.354 e. The maximum atomic E-state index is 11.6. The summed E-state index contributed by atoms with van der Waals surface area (Å²) in [5, 5.41) is 7.56. The van der Waals surface area contributed by atoms with Gasteiger partial charge in [-0.15, -0.1) is 0 Å². The summed E-state index contributed by atoms with van der Waals surface area (Å²) < 4.78 is 0.923. The number of nitrogens with two attached hydrogens (primary N) is 1. The van der Waals surface area contributed by atoms with E-state index in [1.807, 2.05) is 12.1 Å². The Kier molecular flexibility index (Phi) is 7.41. The Hall–Kier alpha value is -1.93. The summed E-state index contributed by atoms with van der Waals surface area (Å²) in [5.74, 6) is -0.977. The second-order valence-electron chi connectivity index (χ2n) is 4.14. The van der Waals surface area contributed by atoms with Crippen molar-refractivity contribution >= 4 is 39.3 Å². The Bertz CT molecular complexity index is 505. The number of carbonyl (C=O) groups is 3. The van der Waals surface area contributed by atoms with Gasteiger partial charge in [0, 0.05) is 23.1 Å². The Morgan fingerprint density at radius 2 is 1.67 bits per heavy atom. The summed E-state index contributed by atoms with van der Waals surface area (Å²) in [7, 11) is 0. The van der Waals surface area contributed by atoms with Crippen LogP contribution in [0.5, 0.6) is 0 Å². The van der Waals surface area contributed by atoms with E-state index in [-0.39, 0.29) is 37.9 Å². The van der Waals surface area contributed by atoms with Crippen LogP contribution in [-0.2, 0) is 14.4 Å². The number of amides is 3. The topological polar surface area (TPSA) is 113 Å². The van der Waals surface area contributed by atoms with Crippen molar-refractivity contribution in [1.82, 2.24) is 10.6 Å². The number of hydrogen-bond donors (Lipinski definition) is 4. The van der Waals surface area contributed by atoms with Crippen molar-refractivity contribution in [3.05, 3.63) is 28.7 Å². The highest BCUT2D eigenvalue weighted by molar-refractivity contribution is 9.10. The Morgan fingerprint density at radius 3 is 2.29 bits per heavy atom. The fourth-order valence-corrected chi connectivity index (χ4v) is 1.65. The number of anilines is 1. The summed E-state index contributed by atoms with van der Waals surface area (Å²) in [6.45, 7) is -0.118. The molecule has 0 bridgehead atoms. The van der Waals surface area contributed by atoms with Crippen LogP contribution in [0.15, 0.2) is 28.7 Å². The lowest BCUT2D eigenvalue weighted by molar-refractivity contribution is -0.125. The van der Waals surface area contributed by atoms with Crippen molar-refractivity contribution in [2.45, 2.75) is 6.42 Å². The molecular formula is C13H17BrN4O3. The lowest BCUT2D eigenvalue weighted by Crippen LogP contribution is -2.40. The van der Waals surface area contributed by atoms with Gasteiger partial charge in [0.05, 0.1) is 13.1 Å². The van der Waals surface area contributed by atoms with Crippen molar-refractivity contribution in [3.63, 3.8) is 0 Å². The highest BCUT2D eigenvalue weighted by Gasteiger charge is 2.06. The Morgan fingerprint density at radius 1 is 1.00 bits per heavy atom. The first-order chi connectivity index (χ1) is 10.0. The van der Waals surface area contributed by atoms with E-state index in [9.17, 15) is 14.4 Å². The minimum atomic E-state index is -0.405. The van der Waals surface area contributed by atoms with Gasteiger partial charge in [-0.25, -0.2) is 0 Å². The van der Waals surface area contributed by atoms with Crippen LogP contribution >= 0.6 is 15.9 Å². The number of benzene rings is 1. The molecule has 0 heterocycles. The SMILES string of the molecule is NCC(=O)NCC(=O)NCCC(=O)Nc1ccc(Br)cc1. The average molecular weight is 357 g/mol.